The summed E-state index contributed by atoms with van der Waals surface area (Å²) in [4.78, 5) is 74.5. The average molecular weight is 1100 g/mol. The van der Waals surface area contributed by atoms with Crippen LogP contribution in [-0.4, -0.2) is 176 Å². The Balaban J connectivity index is 0.000000151. The molecule has 0 aromatic carbocycles. The number of hydrogen-bond acceptors (Lipinski definition) is 14. The predicted molar refractivity (Wildman–Crippen MR) is 288 cm³/mol. The molecule has 420 valence electrons. The highest BCUT2D eigenvalue weighted by Gasteiger charge is 2.52. The van der Waals surface area contributed by atoms with Crippen molar-refractivity contribution in [3.8, 4) is 18.2 Å². The molecule has 0 aromatic rings. The molecule has 76 heavy (non-hydrogen) atoms. The van der Waals surface area contributed by atoms with Gasteiger partial charge in [0.1, 0.15) is 35.9 Å². The van der Waals surface area contributed by atoms with Crippen LogP contribution in [0, 0.1) is 69.5 Å². The highest BCUT2D eigenvalue weighted by atomic mass is 35.5. The van der Waals surface area contributed by atoms with Crippen molar-refractivity contribution in [3.63, 3.8) is 0 Å². The van der Waals surface area contributed by atoms with Gasteiger partial charge in [-0.1, -0.05) is 0 Å². The summed E-state index contributed by atoms with van der Waals surface area (Å²) in [6.07, 6.45) is 20.6. The minimum absolute atomic E-state index is 0.0157. The molecule has 5 aliphatic heterocycles. The van der Waals surface area contributed by atoms with E-state index in [-0.39, 0.29) is 76.5 Å². The number of alkyl halides is 2. The molecule has 8 saturated carbocycles. The van der Waals surface area contributed by atoms with Gasteiger partial charge in [-0.25, -0.2) is 0 Å². The Morgan fingerprint density at radius 2 is 0.934 bits per heavy atom. The number of nitriles is 3. The van der Waals surface area contributed by atoms with Gasteiger partial charge >= 0.3 is 7.05 Å². The van der Waals surface area contributed by atoms with Crippen LogP contribution in [0.2, 0.25) is 6.82 Å². The fourth-order valence-electron chi connectivity index (χ4n) is 14.1. The average Bonchev–Trinajstić information content (AvgIpc) is 3.25. The van der Waals surface area contributed by atoms with E-state index in [1.165, 1.54) is 86.8 Å². The number of hydrogen-bond donors (Lipinski definition) is 6. The van der Waals surface area contributed by atoms with E-state index in [0.29, 0.717) is 38.1 Å². The number of carbonyl (C=O) groups excluding carboxylic acids is 6. The summed E-state index contributed by atoms with van der Waals surface area (Å²) in [6.45, 7) is 12.0. The van der Waals surface area contributed by atoms with Crippen LogP contribution in [0.5, 0.6) is 0 Å². The van der Waals surface area contributed by atoms with E-state index in [4.69, 9.17) is 61.2 Å². The Morgan fingerprint density at radius 1 is 0.579 bits per heavy atom. The summed E-state index contributed by atoms with van der Waals surface area (Å²) in [6, 6.07) is 5.10. The third-order valence-corrected chi connectivity index (χ3v) is 18.2. The molecular formula is C53H84BCl2N13O7. The highest BCUT2D eigenvalue weighted by Crippen LogP contribution is 2.56. The van der Waals surface area contributed by atoms with Crippen LogP contribution < -0.4 is 27.8 Å². The highest BCUT2D eigenvalue weighted by molar-refractivity contribution is 6.46. The van der Waals surface area contributed by atoms with Crippen molar-refractivity contribution < 1.29 is 33.8 Å². The lowest BCUT2D eigenvalue weighted by Gasteiger charge is -2.57. The maximum absolute atomic E-state index is 12.2. The number of halogens is 2. The van der Waals surface area contributed by atoms with E-state index >= 15 is 0 Å². The predicted octanol–water partition coefficient (Wildman–Crippen LogP) is 2.40. The van der Waals surface area contributed by atoms with E-state index in [1.807, 2.05) is 26.8 Å². The normalized spacial score (nSPS) is 34.2. The van der Waals surface area contributed by atoms with Gasteiger partial charge in [0.25, 0.3) is 0 Å². The first-order chi connectivity index (χ1) is 35.9. The van der Waals surface area contributed by atoms with Crippen LogP contribution >= 0.6 is 23.2 Å². The Labute approximate surface area is 460 Å². The number of carbonyl (C=O) groups is 6. The van der Waals surface area contributed by atoms with Crippen LogP contribution in [0.1, 0.15) is 130 Å². The van der Waals surface area contributed by atoms with E-state index in [2.05, 4.69) is 22.8 Å². The van der Waals surface area contributed by atoms with Gasteiger partial charge in [-0.05, 0) is 179 Å². The van der Waals surface area contributed by atoms with Gasteiger partial charge in [-0.3, -0.25) is 28.8 Å². The molecule has 13 rings (SSSR count). The van der Waals surface area contributed by atoms with Crippen LogP contribution in [-0.2, 0) is 28.8 Å². The molecule has 13 aliphatic rings. The SMILES string of the molecule is CB(O)N1CC[C@H]1C(N)=O.CC(C)(C)NCC(=O)N1CC[C@H]1C#N.N#C[C@@H]1CCN1C(=O)CCl.N#C[C@@H]1CCN1C(=O)CNC12CC3CC(CC(C3)C1)C2.NC(=O)[C@@H]1CCN1C(=O)CCl.NC12CC3CC(CC(C3)C1)C2. The van der Waals surface area contributed by atoms with E-state index in [1.54, 1.807) is 21.4 Å². The minimum atomic E-state index is -0.550. The van der Waals surface area contributed by atoms with Gasteiger partial charge in [0.2, 0.25) is 35.4 Å². The molecule has 23 heteroatoms. The molecule has 0 spiro atoms. The van der Waals surface area contributed by atoms with Gasteiger partial charge in [0.05, 0.1) is 37.3 Å². The van der Waals surface area contributed by atoms with Gasteiger partial charge in [0, 0.05) is 42.8 Å². The van der Waals surface area contributed by atoms with Crippen LogP contribution in [0.15, 0.2) is 0 Å². The van der Waals surface area contributed by atoms with Crippen molar-refractivity contribution in [1.29, 1.82) is 15.8 Å². The number of nitrogens with two attached hydrogens (primary N) is 3. The number of nitrogens with one attached hydrogen (secondary N) is 2. The summed E-state index contributed by atoms with van der Waals surface area (Å²) in [7, 11) is -0.550. The molecular weight excluding hydrogens is 1010 g/mol. The van der Waals surface area contributed by atoms with Crippen molar-refractivity contribution in [2.24, 2.45) is 52.7 Å². The van der Waals surface area contributed by atoms with Crippen molar-refractivity contribution in [2.75, 3.05) is 57.6 Å². The Bertz CT molecular complexity index is 2140. The Hall–Kier alpha value is -4.27. The first kappa shape index (κ1) is 61.0. The number of nitrogens with zero attached hydrogens (tertiary/aromatic N) is 8. The summed E-state index contributed by atoms with van der Waals surface area (Å²) in [5, 5.41) is 41.8. The van der Waals surface area contributed by atoms with Gasteiger partial charge < -0.3 is 57.3 Å². The van der Waals surface area contributed by atoms with Gasteiger partial charge in [-0.2, -0.15) is 15.8 Å². The first-order valence-electron chi connectivity index (χ1n) is 27.7. The van der Waals surface area contributed by atoms with Gasteiger partial charge in [0.15, 0.2) is 0 Å². The maximum Gasteiger partial charge on any atom is 0.377 e. The second kappa shape index (κ2) is 26.6. The molecule has 5 saturated heterocycles. The maximum atomic E-state index is 12.2. The molecule has 8 aliphatic carbocycles. The second-order valence-electron chi connectivity index (χ2n) is 24.6. The van der Waals surface area contributed by atoms with E-state index in [0.717, 1.165) is 80.8 Å². The van der Waals surface area contributed by atoms with Crippen molar-refractivity contribution in [3.05, 3.63) is 0 Å². The third kappa shape index (κ3) is 15.7. The number of primary amides is 2. The molecule has 0 radical (unpaired) electrons. The Morgan fingerprint density at radius 3 is 1.20 bits per heavy atom. The molecule has 20 nitrogen and oxygen atoms in total. The Kier molecular flexibility index (Phi) is 21.3. The summed E-state index contributed by atoms with van der Waals surface area (Å²) >= 11 is 10.6. The lowest BCUT2D eigenvalue weighted by molar-refractivity contribution is -0.143. The molecule has 9 N–H and O–H groups in total. The quantitative estimate of drug-likeness (QED) is 0.135. The monoisotopic (exact) mass is 1100 g/mol. The molecule has 5 heterocycles. The summed E-state index contributed by atoms with van der Waals surface area (Å²) in [5.41, 5.74) is 16.9. The van der Waals surface area contributed by atoms with Crippen LogP contribution in [0.3, 0.4) is 0 Å². The molecule has 8 bridgehead atoms. The third-order valence-electron chi connectivity index (χ3n) is 17.7. The zero-order valence-electron chi connectivity index (χ0n) is 45.3. The van der Waals surface area contributed by atoms with Crippen LogP contribution in [0.25, 0.3) is 0 Å². The largest absolute Gasteiger partial charge is 0.437 e. The van der Waals surface area contributed by atoms with Crippen molar-refractivity contribution >= 4 is 65.7 Å². The summed E-state index contributed by atoms with van der Waals surface area (Å²) < 4.78 is 0. The van der Waals surface area contributed by atoms with E-state index < -0.39 is 19.0 Å². The fourth-order valence-corrected chi connectivity index (χ4v) is 14.4. The lowest BCUT2D eigenvalue weighted by Crippen LogP contribution is -2.61. The van der Waals surface area contributed by atoms with E-state index in [9.17, 15) is 28.8 Å². The smallest absolute Gasteiger partial charge is 0.377 e. The number of rotatable bonds is 10. The number of likely N-dealkylation sites (tertiary alicyclic amines) is 4. The molecule has 6 amide bonds. The zero-order chi connectivity index (χ0) is 55.7. The van der Waals surface area contributed by atoms with Crippen molar-refractivity contribution in [2.45, 2.75) is 184 Å². The number of amides is 6. The molecule has 0 unspecified atom stereocenters. The minimum Gasteiger partial charge on any atom is -0.437 e. The molecule has 0 aromatic heterocycles. The molecule has 13 fully saturated rings. The van der Waals surface area contributed by atoms with Crippen LogP contribution in [0.4, 0.5) is 0 Å². The zero-order valence-corrected chi connectivity index (χ0v) is 46.8. The standard InChI is InChI=1S/C16H23N3O.C10H17N3O.C10H17N.C6H9ClN2O2.C6H7ClN2O.C5H11BN2O2/c17-9-14-1-2-19(14)15(20)10-18-16-6-11-3-12(7-16)5-13(4-11)8-16;1-10(2,3)12-7-9(14)13-5-4-8(13)6-11;11-10-4-7-1-8(5-10)3-9(2-7)6-10;7-3-5(10)9-2-1-4(9)6(8)11;7-3-6(10)9-2-1-5(9)4-8;1-6(10)8-3-2-4(8)5(7)9/h11-14,18H,1-8,10H2;8,12H,4-5,7H2,1-3H3;7-9H,1-6,11H2;4H,1-3H2,(H2,8,11);5H,1-3H2;4,10H,2-3H2,1H3,(H2,7,9)/t11?,12?,13?,14-,16?;8-;;4-;5-;4-/m00.000/s1. The topological polar surface area (TPSA) is 312 Å². The second-order valence-corrected chi connectivity index (χ2v) is 25.2. The summed E-state index contributed by atoms with van der Waals surface area (Å²) in [5.74, 6) is 4.67. The van der Waals surface area contributed by atoms with Crippen molar-refractivity contribution in [1.82, 2.24) is 35.0 Å². The first-order valence-corrected chi connectivity index (χ1v) is 28.8. The van der Waals surface area contributed by atoms with Gasteiger partial charge in [-0.15, -0.1) is 23.2 Å². The fraction of sp³-hybridized carbons (Fsp3) is 0.830. The molecule has 5 atom stereocenters. The lowest BCUT2D eigenvalue weighted by atomic mass is 9.53.